The number of benzene rings is 1. The predicted molar refractivity (Wildman–Crippen MR) is 89.3 cm³/mol. The van der Waals surface area contributed by atoms with Crippen molar-refractivity contribution >= 4 is 15.9 Å². The van der Waals surface area contributed by atoms with Crippen LogP contribution in [-0.4, -0.2) is 26.8 Å². The summed E-state index contributed by atoms with van der Waals surface area (Å²) in [5.74, 6) is 1.81. The van der Waals surface area contributed by atoms with E-state index in [1.54, 1.807) is 32.0 Å². The van der Waals surface area contributed by atoms with Gasteiger partial charge in [-0.2, -0.15) is 5.10 Å². The van der Waals surface area contributed by atoms with Crippen LogP contribution in [0.1, 0.15) is 36.7 Å². The van der Waals surface area contributed by atoms with Crippen LogP contribution in [0.3, 0.4) is 0 Å². The third kappa shape index (κ3) is 2.74. The van der Waals surface area contributed by atoms with Gasteiger partial charge in [-0.3, -0.25) is 4.68 Å². The summed E-state index contributed by atoms with van der Waals surface area (Å²) in [6.07, 6.45) is -2.68. The molecule has 136 valence electrons. The number of halogens is 3. The van der Waals surface area contributed by atoms with Crippen LogP contribution in [0.15, 0.2) is 27.1 Å². The molecular weight excluding hydrogens is 414 g/mol. The maximum Gasteiger partial charge on any atom is 0.283 e. The van der Waals surface area contributed by atoms with Crippen molar-refractivity contribution in [3.05, 3.63) is 40.0 Å². The SMILES string of the molecule is Cc1c(Br)c(C(F)F)nn1C(C)c1nnc(-c2ccc3c(c2)OCO3)o1. The van der Waals surface area contributed by atoms with Crippen molar-refractivity contribution in [2.45, 2.75) is 26.3 Å². The topological polar surface area (TPSA) is 75.2 Å². The van der Waals surface area contributed by atoms with Crippen LogP contribution >= 0.6 is 15.9 Å². The molecule has 1 atom stereocenters. The first-order chi connectivity index (χ1) is 12.5. The largest absolute Gasteiger partial charge is 0.454 e. The molecule has 10 heteroatoms. The molecule has 0 bridgehead atoms. The minimum atomic E-state index is -2.68. The maximum absolute atomic E-state index is 13.0. The first-order valence-corrected chi connectivity index (χ1v) is 8.51. The Labute approximate surface area is 155 Å². The highest BCUT2D eigenvalue weighted by molar-refractivity contribution is 9.10. The molecule has 0 N–H and O–H groups in total. The molecule has 3 heterocycles. The molecule has 0 saturated heterocycles. The van der Waals surface area contributed by atoms with Crippen molar-refractivity contribution in [3.63, 3.8) is 0 Å². The van der Waals surface area contributed by atoms with Gasteiger partial charge < -0.3 is 13.9 Å². The van der Waals surface area contributed by atoms with Crippen molar-refractivity contribution in [2.24, 2.45) is 0 Å². The molecule has 1 aliphatic heterocycles. The van der Waals surface area contributed by atoms with E-state index in [9.17, 15) is 8.78 Å². The molecule has 1 aromatic carbocycles. The minimum Gasteiger partial charge on any atom is -0.454 e. The number of hydrogen-bond acceptors (Lipinski definition) is 6. The number of alkyl halides is 2. The summed E-state index contributed by atoms with van der Waals surface area (Å²) in [7, 11) is 0. The van der Waals surface area contributed by atoms with Crippen molar-refractivity contribution in [3.8, 4) is 23.0 Å². The highest BCUT2D eigenvalue weighted by Crippen LogP contribution is 2.36. The molecule has 0 spiro atoms. The second-order valence-corrected chi connectivity index (χ2v) is 6.51. The summed E-state index contributed by atoms with van der Waals surface area (Å²) in [5.41, 5.74) is 0.910. The standard InChI is InChI=1S/C16H13BrF2N4O3/c1-7-12(17)13(14(18)19)22-23(7)8(2)15-20-21-16(26-15)9-3-4-10-11(5-9)25-6-24-10/h3-5,8,14H,6H2,1-2H3. The van der Waals surface area contributed by atoms with Crippen LogP contribution in [0, 0.1) is 6.92 Å². The second kappa shape index (κ2) is 6.35. The van der Waals surface area contributed by atoms with Gasteiger partial charge in [-0.05, 0) is 48.0 Å². The Kier molecular flexibility index (Phi) is 4.14. The van der Waals surface area contributed by atoms with Gasteiger partial charge in [-0.25, -0.2) is 8.78 Å². The van der Waals surface area contributed by atoms with Gasteiger partial charge >= 0.3 is 0 Å². The number of rotatable bonds is 4. The van der Waals surface area contributed by atoms with Gasteiger partial charge in [0.15, 0.2) is 11.5 Å². The van der Waals surface area contributed by atoms with Crippen LogP contribution in [0.4, 0.5) is 8.78 Å². The van der Waals surface area contributed by atoms with E-state index in [4.69, 9.17) is 13.9 Å². The average Bonchev–Trinajstić information content (AvgIpc) is 3.34. The molecule has 3 aromatic rings. The van der Waals surface area contributed by atoms with Gasteiger partial charge in [-0.1, -0.05) is 0 Å². The summed E-state index contributed by atoms with van der Waals surface area (Å²) in [6.45, 7) is 3.61. The smallest absolute Gasteiger partial charge is 0.283 e. The van der Waals surface area contributed by atoms with E-state index in [2.05, 4.69) is 31.2 Å². The highest BCUT2D eigenvalue weighted by atomic mass is 79.9. The van der Waals surface area contributed by atoms with Crippen LogP contribution in [0.5, 0.6) is 11.5 Å². The van der Waals surface area contributed by atoms with Gasteiger partial charge in [0.1, 0.15) is 11.7 Å². The lowest BCUT2D eigenvalue weighted by atomic mass is 10.2. The number of ether oxygens (including phenoxy) is 2. The summed E-state index contributed by atoms with van der Waals surface area (Å²) < 4.78 is 44.1. The van der Waals surface area contributed by atoms with Crippen LogP contribution in [0.2, 0.25) is 0 Å². The lowest BCUT2D eigenvalue weighted by Crippen LogP contribution is -2.11. The number of nitrogens with zero attached hydrogens (tertiary/aromatic N) is 4. The van der Waals surface area contributed by atoms with Crippen molar-refractivity contribution in [2.75, 3.05) is 6.79 Å². The Balaban J connectivity index is 1.65. The molecule has 7 nitrogen and oxygen atoms in total. The van der Waals surface area contributed by atoms with Crippen LogP contribution in [-0.2, 0) is 0 Å². The zero-order chi connectivity index (χ0) is 18.4. The Hall–Kier alpha value is -2.49. The Bertz CT molecular complexity index is 973. The van der Waals surface area contributed by atoms with Gasteiger partial charge in [0.25, 0.3) is 6.43 Å². The zero-order valence-corrected chi connectivity index (χ0v) is 15.3. The van der Waals surface area contributed by atoms with Crippen LogP contribution < -0.4 is 9.47 Å². The third-order valence-corrected chi connectivity index (χ3v) is 5.07. The highest BCUT2D eigenvalue weighted by Gasteiger charge is 2.26. The summed E-state index contributed by atoms with van der Waals surface area (Å²) in [5, 5.41) is 12.0. The molecule has 0 saturated carbocycles. The van der Waals surface area contributed by atoms with E-state index in [1.807, 2.05) is 0 Å². The summed E-state index contributed by atoms with van der Waals surface area (Å²) in [6, 6.07) is 4.78. The predicted octanol–water partition coefficient (Wildman–Crippen LogP) is 4.28. The molecule has 0 aliphatic carbocycles. The fourth-order valence-electron chi connectivity index (χ4n) is 2.69. The van der Waals surface area contributed by atoms with Gasteiger partial charge in [0, 0.05) is 5.56 Å². The number of fused-ring (bicyclic) bond motifs is 1. The fourth-order valence-corrected chi connectivity index (χ4v) is 3.13. The first kappa shape index (κ1) is 17.0. The Morgan fingerprint density at radius 1 is 1.19 bits per heavy atom. The number of hydrogen-bond donors (Lipinski definition) is 0. The van der Waals surface area contributed by atoms with E-state index < -0.39 is 12.5 Å². The molecule has 1 unspecified atom stereocenters. The molecular formula is C16H13BrF2N4O3. The maximum atomic E-state index is 13.0. The van der Waals surface area contributed by atoms with Gasteiger partial charge in [-0.15, -0.1) is 10.2 Å². The quantitative estimate of drug-likeness (QED) is 0.619. The van der Waals surface area contributed by atoms with E-state index in [-0.39, 0.29) is 22.9 Å². The van der Waals surface area contributed by atoms with Crippen LogP contribution in [0.25, 0.3) is 11.5 Å². The Morgan fingerprint density at radius 2 is 1.96 bits per heavy atom. The molecule has 0 amide bonds. The number of aromatic nitrogens is 4. The Morgan fingerprint density at radius 3 is 2.69 bits per heavy atom. The average molecular weight is 427 g/mol. The summed E-state index contributed by atoms with van der Waals surface area (Å²) in [4.78, 5) is 0. The van der Waals surface area contributed by atoms with Crippen molar-refractivity contribution in [1.29, 1.82) is 0 Å². The molecule has 0 fully saturated rings. The lowest BCUT2D eigenvalue weighted by Gasteiger charge is -2.09. The van der Waals surface area contributed by atoms with Crippen molar-refractivity contribution in [1.82, 2.24) is 20.0 Å². The molecule has 26 heavy (non-hydrogen) atoms. The zero-order valence-electron chi connectivity index (χ0n) is 13.7. The second-order valence-electron chi connectivity index (χ2n) is 5.72. The van der Waals surface area contributed by atoms with Gasteiger partial charge in [0.2, 0.25) is 18.6 Å². The normalized spacial score (nSPS) is 14.2. The minimum absolute atomic E-state index is 0.171. The van der Waals surface area contributed by atoms with E-state index in [1.165, 1.54) is 4.68 Å². The molecule has 1 aliphatic rings. The monoisotopic (exact) mass is 426 g/mol. The van der Waals surface area contributed by atoms with E-state index in [0.717, 1.165) is 0 Å². The fraction of sp³-hybridized carbons (Fsp3) is 0.312. The van der Waals surface area contributed by atoms with E-state index >= 15 is 0 Å². The molecule has 4 rings (SSSR count). The first-order valence-electron chi connectivity index (χ1n) is 7.71. The third-order valence-electron chi connectivity index (χ3n) is 4.09. The molecule has 2 aromatic heterocycles. The van der Waals surface area contributed by atoms with Gasteiger partial charge in [0.05, 0.1) is 10.2 Å². The molecule has 0 radical (unpaired) electrons. The summed E-state index contributed by atoms with van der Waals surface area (Å²) >= 11 is 3.16. The van der Waals surface area contributed by atoms with E-state index in [0.29, 0.717) is 28.6 Å². The lowest BCUT2D eigenvalue weighted by molar-refractivity contribution is 0.144. The van der Waals surface area contributed by atoms with Crippen molar-refractivity contribution < 1.29 is 22.7 Å².